The Balaban J connectivity index is 2.67. The highest BCUT2D eigenvalue weighted by Crippen LogP contribution is 2.23. The molecule has 0 spiro atoms. The van der Waals surface area contributed by atoms with E-state index in [9.17, 15) is 19.5 Å². The predicted molar refractivity (Wildman–Crippen MR) is 84.6 cm³/mol. The molecule has 0 aliphatic carbocycles. The lowest BCUT2D eigenvalue weighted by Gasteiger charge is -2.16. The molecule has 1 rings (SSSR count). The summed E-state index contributed by atoms with van der Waals surface area (Å²) in [4.78, 5) is 34.2. The molecule has 0 saturated heterocycles. The van der Waals surface area contributed by atoms with E-state index < -0.39 is 24.0 Å². The average Bonchev–Trinajstić information content (AvgIpc) is 2.58. The number of phenols is 1. The van der Waals surface area contributed by atoms with Gasteiger partial charge in [-0.1, -0.05) is 24.8 Å². The molecule has 1 aromatic rings. The topological polar surface area (TPSA) is 99.1 Å². The molecular formula is C16H15ClO7. The number of carbonyl (C=O) groups is 3. The smallest absolute Gasteiger partial charge is 0.338 e. The second-order valence-corrected chi connectivity index (χ2v) is 4.77. The number of aromatic hydroxyl groups is 1. The van der Waals surface area contributed by atoms with E-state index in [4.69, 9.17) is 25.8 Å². The van der Waals surface area contributed by atoms with Gasteiger partial charge in [0.2, 0.25) is 0 Å². The van der Waals surface area contributed by atoms with Crippen LogP contribution < -0.4 is 0 Å². The first-order valence-electron chi connectivity index (χ1n) is 6.65. The fourth-order valence-corrected chi connectivity index (χ4v) is 1.63. The molecule has 128 valence electrons. The molecule has 0 bridgehead atoms. The average molecular weight is 355 g/mol. The minimum Gasteiger partial charge on any atom is -0.506 e. The summed E-state index contributed by atoms with van der Waals surface area (Å²) in [7, 11) is 0. The van der Waals surface area contributed by atoms with Gasteiger partial charge in [-0.15, -0.1) is 0 Å². The third-order valence-corrected chi connectivity index (χ3v) is 2.91. The third-order valence-electron chi connectivity index (χ3n) is 2.61. The number of hydrogen-bond donors (Lipinski definition) is 1. The van der Waals surface area contributed by atoms with Crippen molar-refractivity contribution in [1.29, 1.82) is 0 Å². The van der Waals surface area contributed by atoms with Crippen LogP contribution in [-0.4, -0.2) is 42.3 Å². The van der Waals surface area contributed by atoms with Gasteiger partial charge in [0, 0.05) is 12.2 Å². The van der Waals surface area contributed by atoms with E-state index in [1.54, 1.807) is 0 Å². The maximum Gasteiger partial charge on any atom is 0.338 e. The first-order chi connectivity index (χ1) is 11.4. The van der Waals surface area contributed by atoms with E-state index in [-0.39, 0.29) is 29.5 Å². The van der Waals surface area contributed by atoms with Crippen molar-refractivity contribution in [1.82, 2.24) is 0 Å². The van der Waals surface area contributed by atoms with Gasteiger partial charge in [-0.05, 0) is 18.2 Å². The van der Waals surface area contributed by atoms with Crippen LogP contribution >= 0.6 is 11.6 Å². The first kappa shape index (κ1) is 19.2. The fourth-order valence-electron chi connectivity index (χ4n) is 1.45. The third kappa shape index (κ3) is 6.13. The standard InChI is InChI=1S/C16H15ClO7/c1-3-14(19)22-8-11(24-15(20)4-2)9-23-16(21)10-5-6-13(18)12(17)7-10/h3-7,11,18H,1-2,8-9H2. The fraction of sp³-hybridized carbons (Fsp3) is 0.188. The van der Waals surface area contributed by atoms with Crippen LogP contribution in [0.3, 0.4) is 0 Å². The maximum absolute atomic E-state index is 11.9. The number of hydrogen-bond acceptors (Lipinski definition) is 7. The van der Waals surface area contributed by atoms with Gasteiger partial charge in [0.15, 0.2) is 6.10 Å². The van der Waals surface area contributed by atoms with Crippen LogP contribution in [0.4, 0.5) is 0 Å². The van der Waals surface area contributed by atoms with Crippen molar-refractivity contribution in [3.8, 4) is 5.75 Å². The molecule has 0 aromatic heterocycles. The van der Waals surface area contributed by atoms with Crippen LogP contribution in [0, 0.1) is 0 Å². The Bertz CT molecular complexity index is 654. The van der Waals surface area contributed by atoms with Gasteiger partial charge >= 0.3 is 17.9 Å². The van der Waals surface area contributed by atoms with Gasteiger partial charge in [-0.25, -0.2) is 14.4 Å². The number of phenolic OH excluding ortho intramolecular Hbond substituents is 1. The van der Waals surface area contributed by atoms with Crippen molar-refractivity contribution in [2.24, 2.45) is 0 Å². The first-order valence-corrected chi connectivity index (χ1v) is 7.03. The van der Waals surface area contributed by atoms with Gasteiger partial charge in [0.25, 0.3) is 0 Å². The maximum atomic E-state index is 11.9. The molecule has 0 heterocycles. The van der Waals surface area contributed by atoms with Gasteiger partial charge in [0.05, 0.1) is 10.6 Å². The Kier molecular flexibility index (Phi) is 7.51. The molecule has 0 fully saturated rings. The second kappa shape index (κ2) is 9.36. The Morgan fingerprint density at radius 2 is 1.75 bits per heavy atom. The van der Waals surface area contributed by atoms with Crippen LogP contribution in [0.5, 0.6) is 5.75 Å². The number of esters is 3. The lowest BCUT2D eigenvalue weighted by atomic mass is 10.2. The summed E-state index contributed by atoms with van der Waals surface area (Å²) >= 11 is 5.70. The van der Waals surface area contributed by atoms with Crippen LogP contribution in [0.15, 0.2) is 43.5 Å². The molecule has 8 heteroatoms. The summed E-state index contributed by atoms with van der Waals surface area (Å²) in [6.45, 7) is 5.78. The monoisotopic (exact) mass is 354 g/mol. The molecule has 1 aromatic carbocycles. The summed E-state index contributed by atoms with van der Waals surface area (Å²) in [5.74, 6) is -2.42. The van der Waals surface area contributed by atoms with E-state index in [2.05, 4.69) is 13.2 Å². The Morgan fingerprint density at radius 1 is 1.12 bits per heavy atom. The molecule has 0 aliphatic heterocycles. The lowest BCUT2D eigenvalue weighted by Crippen LogP contribution is -2.30. The Morgan fingerprint density at radius 3 is 2.33 bits per heavy atom. The minimum absolute atomic E-state index is 0.0148. The van der Waals surface area contributed by atoms with Crippen LogP contribution in [0.1, 0.15) is 10.4 Å². The van der Waals surface area contributed by atoms with Crippen molar-refractivity contribution in [3.63, 3.8) is 0 Å². The zero-order valence-electron chi connectivity index (χ0n) is 12.6. The molecule has 0 amide bonds. The van der Waals surface area contributed by atoms with E-state index >= 15 is 0 Å². The number of carbonyl (C=O) groups excluding carboxylic acids is 3. The van der Waals surface area contributed by atoms with Crippen molar-refractivity contribution in [2.45, 2.75) is 6.10 Å². The van der Waals surface area contributed by atoms with Crippen LogP contribution in [0.2, 0.25) is 5.02 Å². The normalized spacial score (nSPS) is 11.0. The Hall–Kier alpha value is -2.80. The van der Waals surface area contributed by atoms with Gasteiger partial charge in [-0.3, -0.25) is 0 Å². The molecule has 0 saturated carbocycles. The number of rotatable bonds is 8. The highest BCUT2D eigenvalue weighted by molar-refractivity contribution is 6.32. The van der Waals surface area contributed by atoms with Gasteiger partial charge in [-0.2, -0.15) is 0 Å². The van der Waals surface area contributed by atoms with Crippen molar-refractivity contribution < 1.29 is 33.7 Å². The molecule has 7 nitrogen and oxygen atoms in total. The summed E-state index contributed by atoms with van der Waals surface area (Å²) in [5, 5.41) is 9.29. The number of halogens is 1. The molecule has 1 unspecified atom stereocenters. The largest absolute Gasteiger partial charge is 0.506 e. The van der Waals surface area contributed by atoms with Crippen molar-refractivity contribution in [2.75, 3.05) is 13.2 Å². The summed E-state index contributed by atoms with van der Waals surface area (Å²) in [6.07, 6.45) is 0.844. The van der Waals surface area contributed by atoms with E-state index in [1.807, 2.05) is 0 Å². The van der Waals surface area contributed by atoms with Crippen LogP contribution in [0.25, 0.3) is 0 Å². The predicted octanol–water partition coefficient (Wildman–Crippen LogP) is 2.03. The molecular weight excluding hydrogens is 340 g/mol. The quantitative estimate of drug-likeness (QED) is 0.433. The van der Waals surface area contributed by atoms with Crippen molar-refractivity contribution in [3.05, 3.63) is 54.1 Å². The summed E-state index contributed by atoms with van der Waals surface area (Å²) in [5.41, 5.74) is 0.0923. The van der Waals surface area contributed by atoms with E-state index in [0.29, 0.717) is 0 Å². The SMILES string of the molecule is C=CC(=O)OCC(COC(=O)c1ccc(O)c(Cl)c1)OC(=O)C=C. The minimum atomic E-state index is -1.02. The molecule has 0 aliphatic rings. The lowest BCUT2D eigenvalue weighted by molar-refractivity contribution is -0.155. The molecule has 24 heavy (non-hydrogen) atoms. The zero-order valence-corrected chi connectivity index (χ0v) is 13.3. The van der Waals surface area contributed by atoms with Crippen LogP contribution in [-0.2, 0) is 23.8 Å². The van der Waals surface area contributed by atoms with Gasteiger partial charge < -0.3 is 19.3 Å². The number of ether oxygens (including phenoxy) is 3. The molecule has 1 N–H and O–H groups in total. The van der Waals surface area contributed by atoms with E-state index in [0.717, 1.165) is 12.2 Å². The molecule has 0 radical (unpaired) electrons. The van der Waals surface area contributed by atoms with Gasteiger partial charge in [0.1, 0.15) is 19.0 Å². The molecule has 1 atom stereocenters. The van der Waals surface area contributed by atoms with E-state index in [1.165, 1.54) is 18.2 Å². The highest BCUT2D eigenvalue weighted by Gasteiger charge is 2.19. The highest BCUT2D eigenvalue weighted by atomic mass is 35.5. The van der Waals surface area contributed by atoms with Crippen molar-refractivity contribution >= 4 is 29.5 Å². The summed E-state index contributed by atoms with van der Waals surface area (Å²) in [6, 6.07) is 3.77. The number of benzene rings is 1. The Labute approximate surface area is 143 Å². The summed E-state index contributed by atoms with van der Waals surface area (Å²) < 4.78 is 14.7. The second-order valence-electron chi connectivity index (χ2n) is 4.36. The zero-order chi connectivity index (χ0) is 18.1.